The minimum absolute atomic E-state index is 0.490. The number of hydrogen-bond acceptors (Lipinski definition) is 2. The van der Waals surface area contributed by atoms with E-state index < -0.39 is 5.00 Å². The highest BCUT2D eigenvalue weighted by atomic mass is 35.5. The van der Waals surface area contributed by atoms with E-state index in [4.69, 9.17) is 22.1 Å². The first-order valence-corrected chi connectivity index (χ1v) is 4.44. The van der Waals surface area contributed by atoms with E-state index in [0.29, 0.717) is 12.0 Å². The Kier molecular flexibility index (Phi) is 2.79. The van der Waals surface area contributed by atoms with Crippen molar-refractivity contribution in [3.8, 4) is 0 Å². The first kappa shape index (κ1) is 9.30. The van der Waals surface area contributed by atoms with Gasteiger partial charge in [0, 0.05) is 0 Å². The Bertz CT molecular complexity index is 129. The monoisotopic (exact) mass is 177 g/mol. The van der Waals surface area contributed by atoms with Gasteiger partial charge in [-0.3, -0.25) is 0 Å². The van der Waals surface area contributed by atoms with Crippen LogP contribution in [0.1, 0.15) is 26.7 Å². The van der Waals surface area contributed by atoms with Gasteiger partial charge in [0.25, 0.3) is 0 Å². The Morgan fingerprint density at radius 1 is 1.82 bits per heavy atom. The summed E-state index contributed by atoms with van der Waals surface area (Å²) in [6, 6.07) is 0. The number of alkyl halides is 1. The number of nitrogens with two attached hydrogens (primary N) is 1. The molecule has 1 rings (SSSR count). The molecule has 2 nitrogen and oxygen atoms in total. The van der Waals surface area contributed by atoms with Crippen LogP contribution < -0.4 is 5.73 Å². The molecular weight excluding hydrogens is 162 g/mol. The molecule has 0 bridgehead atoms. The minimum Gasteiger partial charge on any atom is -0.373 e. The van der Waals surface area contributed by atoms with Gasteiger partial charge in [-0.15, -0.1) is 11.6 Å². The second-order valence-electron chi connectivity index (χ2n) is 3.78. The third-order valence-electron chi connectivity index (χ3n) is 1.82. The molecule has 0 aromatic rings. The zero-order valence-corrected chi connectivity index (χ0v) is 7.90. The van der Waals surface area contributed by atoms with Crippen molar-refractivity contribution >= 4 is 11.6 Å². The van der Waals surface area contributed by atoms with Crippen molar-refractivity contribution in [2.24, 2.45) is 11.7 Å². The summed E-state index contributed by atoms with van der Waals surface area (Å²) in [4.78, 5) is -0.547. The smallest absolute Gasteiger partial charge is 0.0884 e. The molecule has 1 heterocycles. The van der Waals surface area contributed by atoms with Crippen LogP contribution in [0.5, 0.6) is 0 Å². The highest BCUT2D eigenvalue weighted by molar-refractivity contribution is 6.23. The Labute approximate surface area is 73.0 Å². The van der Waals surface area contributed by atoms with Gasteiger partial charge in [0.2, 0.25) is 0 Å². The van der Waals surface area contributed by atoms with Crippen LogP contribution in [-0.4, -0.2) is 17.7 Å². The zero-order chi connectivity index (χ0) is 8.48. The second kappa shape index (κ2) is 3.30. The van der Waals surface area contributed by atoms with Gasteiger partial charge < -0.3 is 10.5 Å². The first-order valence-electron chi connectivity index (χ1n) is 4.07. The molecule has 0 aromatic carbocycles. The highest BCUT2D eigenvalue weighted by Crippen LogP contribution is 2.26. The molecule has 66 valence electrons. The van der Waals surface area contributed by atoms with E-state index in [9.17, 15) is 0 Å². The van der Waals surface area contributed by atoms with Crippen LogP contribution in [0.2, 0.25) is 0 Å². The summed E-state index contributed by atoms with van der Waals surface area (Å²) in [5.74, 6) is 0.565. The summed E-state index contributed by atoms with van der Waals surface area (Å²) in [6.45, 7) is 4.93. The van der Waals surface area contributed by atoms with Crippen LogP contribution in [0.25, 0.3) is 0 Å². The molecule has 1 aliphatic heterocycles. The van der Waals surface area contributed by atoms with Gasteiger partial charge in [0.15, 0.2) is 0 Å². The average molecular weight is 178 g/mol. The number of hydrogen-bond donors (Lipinski definition) is 1. The van der Waals surface area contributed by atoms with Gasteiger partial charge in [-0.2, -0.15) is 0 Å². The largest absolute Gasteiger partial charge is 0.373 e. The lowest BCUT2D eigenvalue weighted by Crippen LogP contribution is -2.31. The van der Waals surface area contributed by atoms with Crippen LogP contribution in [0.4, 0.5) is 0 Å². The van der Waals surface area contributed by atoms with Gasteiger partial charge in [-0.1, -0.05) is 6.92 Å². The standard InChI is InChI=1S/C8H16ClNO/c1-6(3-7-5-11-7)4-8(2,9)10/h6-7H,3-5,10H2,1-2H3. The molecule has 3 unspecified atom stereocenters. The SMILES string of the molecule is CC(CC1CO1)CC(C)(N)Cl. The summed E-state index contributed by atoms with van der Waals surface area (Å²) >= 11 is 5.87. The zero-order valence-electron chi connectivity index (χ0n) is 7.14. The molecule has 0 aliphatic carbocycles. The van der Waals surface area contributed by atoms with Crippen LogP contribution in [0, 0.1) is 5.92 Å². The first-order chi connectivity index (χ1) is 4.97. The molecule has 1 saturated heterocycles. The van der Waals surface area contributed by atoms with E-state index in [-0.39, 0.29) is 0 Å². The maximum atomic E-state index is 5.87. The molecule has 0 aromatic heterocycles. The molecule has 3 atom stereocenters. The predicted octanol–water partition coefficient (Wildman–Crippen LogP) is 1.72. The van der Waals surface area contributed by atoms with Gasteiger partial charge in [-0.25, -0.2) is 0 Å². The maximum absolute atomic E-state index is 5.87. The molecule has 1 aliphatic rings. The number of rotatable bonds is 4. The summed E-state index contributed by atoms with van der Waals surface area (Å²) in [5.41, 5.74) is 5.66. The summed E-state index contributed by atoms with van der Waals surface area (Å²) in [5, 5.41) is 0. The second-order valence-corrected chi connectivity index (χ2v) is 4.64. The predicted molar refractivity (Wildman–Crippen MR) is 46.6 cm³/mol. The third-order valence-corrected chi connectivity index (χ3v) is 1.97. The Morgan fingerprint density at radius 3 is 2.73 bits per heavy atom. The van der Waals surface area contributed by atoms with Crippen molar-refractivity contribution in [1.82, 2.24) is 0 Å². The fourth-order valence-corrected chi connectivity index (χ4v) is 1.68. The lowest BCUT2D eigenvalue weighted by atomic mass is 9.98. The molecule has 1 fully saturated rings. The fraction of sp³-hybridized carbons (Fsp3) is 1.00. The van der Waals surface area contributed by atoms with Crippen molar-refractivity contribution in [1.29, 1.82) is 0 Å². The molecule has 2 N–H and O–H groups in total. The van der Waals surface area contributed by atoms with E-state index >= 15 is 0 Å². The van der Waals surface area contributed by atoms with E-state index in [2.05, 4.69) is 6.92 Å². The van der Waals surface area contributed by atoms with E-state index in [1.807, 2.05) is 6.92 Å². The molecule has 11 heavy (non-hydrogen) atoms. The van der Waals surface area contributed by atoms with Gasteiger partial charge in [-0.05, 0) is 25.7 Å². The third kappa shape index (κ3) is 4.62. The molecule has 0 spiro atoms. The lowest BCUT2D eigenvalue weighted by Gasteiger charge is -2.20. The van der Waals surface area contributed by atoms with Crippen molar-refractivity contribution in [3.63, 3.8) is 0 Å². The highest BCUT2D eigenvalue weighted by Gasteiger charge is 2.27. The molecule has 0 saturated carbocycles. The molecule has 3 heteroatoms. The van der Waals surface area contributed by atoms with Gasteiger partial charge in [0.1, 0.15) is 0 Å². The number of halogens is 1. The van der Waals surface area contributed by atoms with Crippen molar-refractivity contribution in [2.75, 3.05) is 6.61 Å². The van der Waals surface area contributed by atoms with Gasteiger partial charge >= 0.3 is 0 Å². The maximum Gasteiger partial charge on any atom is 0.0884 e. The fourth-order valence-electron chi connectivity index (χ4n) is 1.42. The van der Waals surface area contributed by atoms with Crippen LogP contribution in [0.15, 0.2) is 0 Å². The van der Waals surface area contributed by atoms with E-state index in [1.54, 1.807) is 0 Å². The van der Waals surface area contributed by atoms with Crippen molar-refractivity contribution in [3.05, 3.63) is 0 Å². The lowest BCUT2D eigenvalue weighted by molar-refractivity contribution is 0.338. The topological polar surface area (TPSA) is 38.5 Å². The average Bonchev–Trinajstić information content (AvgIpc) is 2.42. The van der Waals surface area contributed by atoms with Gasteiger partial charge in [0.05, 0.1) is 17.7 Å². The van der Waals surface area contributed by atoms with E-state index in [0.717, 1.165) is 19.4 Å². The summed E-state index contributed by atoms with van der Waals surface area (Å²) < 4.78 is 5.11. The number of ether oxygens (including phenoxy) is 1. The Hall–Kier alpha value is 0.210. The minimum atomic E-state index is -0.547. The quantitative estimate of drug-likeness (QED) is 0.404. The van der Waals surface area contributed by atoms with Crippen LogP contribution in [0.3, 0.4) is 0 Å². The van der Waals surface area contributed by atoms with Crippen LogP contribution >= 0.6 is 11.6 Å². The molecule has 0 radical (unpaired) electrons. The molecule has 0 amide bonds. The van der Waals surface area contributed by atoms with Crippen LogP contribution in [-0.2, 0) is 4.74 Å². The number of epoxide rings is 1. The molecular formula is C8H16ClNO. The summed E-state index contributed by atoms with van der Waals surface area (Å²) in [7, 11) is 0. The summed E-state index contributed by atoms with van der Waals surface area (Å²) in [6.07, 6.45) is 2.44. The van der Waals surface area contributed by atoms with E-state index in [1.165, 1.54) is 0 Å². The van der Waals surface area contributed by atoms with Crippen molar-refractivity contribution in [2.45, 2.75) is 37.8 Å². The normalized spacial score (nSPS) is 31.1. The van der Waals surface area contributed by atoms with Crippen molar-refractivity contribution < 1.29 is 4.74 Å². The Morgan fingerprint density at radius 2 is 2.36 bits per heavy atom. The Balaban J connectivity index is 2.13.